The number of ketones is 1. The molecule has 2 aromatic carbocycles. The molecule has 0 amide bonds. The zero-order valence-corrected chi connectivity index (χ0v) is 20.2. The molecule has 2 saturated carbocycles. The van der Waals surface area contributed by atoms with Gasteiger partial charge in [0, 0.05) is 18.6 Å². The van der Waals surface area contributed by atoms with Gasteiger partial charge in [-0.15, -0.1) is 0 Å². The summed E-state index contributed by atoms with van der Waals surface area (Å²) in [6, 6.07) is 20.9. The van der Waals surface area contributed by atoms with Crippen LogP contribution in [0.25, 0.3) is 0 Å². The first-order valence-electron chi connectivity index (χ1n) is 13.6. The van der Waals surface area contributed by atoms with Crippen LogP contribution >= 0.6 is 0 Å². The van der Waals surface area contributed by atoms with Gasteiger partial charge in [-0.2, -0.15) is 0 Å². The van der Waals surface area contributed by atoms with E-state index in [0.29, 0.717) is 18.6 Å². The van der Waals surface area contributed by atoms with Gasteiger partial charge in [-0.3, -0.25) is 14.6 Å². The quantitative estimate of drug-likeness (QED) is 0.648. The summed E-state index contributed by atoms with van der Waals surface area (Å²) in [5, 5.41) is 12.4. The summed E-state index contributed by atoms with van der Waals surface area (Å²) in [6.07, 6.45) is 12.3. The number of Topliss-reactive ketones (excluding diaryl/α,β-unsaturated/α-hetero) is 1. The molecule has 4 aliphatic rings. The van der Waals surface area contributed by atoms with Gasteiger partial charge in [0.25, 0.3) is 0 Å². The zero-order valence-electron chi connectivity index (χ0n) is 20.2. The van der Waals surface area contributed by atoms with Crippen molar-refractivity contribution in [3.05, 3.63) is 71.8 Å². The van der Waals surface area contributed by atoms with Crippen LogP contribution < -0.4 is 0 Å². The number of benzene rings is 2. The molecule has 4 nitrogen and oxygen atoms in total. The Morgan fingerprint density at radius 2 is 1.21 bits per heavy atom. The number of hydrogen-bond donors (Lipinski definition) is 1. The molecular weight excluding hydrogens is 420 g/mol. The molecule has 34 heavy (non-hydrogen) atoms. The van der Waals surface area contributed by atoms with Crippen molar-refractivity contribution in [3.8, 4) is 0 Å². The van der Waals surface area contributed by atoms with E-state index in [2.05, 4.69) is 46.2 Å². The third kappa shape index (κ3) is 3.66. The SMILES string of the molecule is O=C1C(c2ccccc2)N(C2CCCCC2)C1C1(O)CN(C2CCCCC2)C1c1ccccc1. The number of aliphatic hydroxyl groups is 1. The van der Waals surface area contributed by atoms with Crippen molar-refractivity contribution in [2.24, 2.45) is 0 Å². The zero-order chi connectivity index (χ0) is 23.1. The predicted octanol–water partition coefficient (Wildman–Crippen LogP) is 5.43. The second kappa shape index (κ2) is 9.22. The van der Waals surface area contributed by atoms with Crippen molar-refractivity contribution in [1.82, 2.24) is 9.80 Å². The summed E-state index contributed by atoms with van der Waals surface area (Å²) in [4.78, 5) is 18.9. The third-order valence-electron chi connectivity index (χ3n) is 9.12. The van der Waals surface area contributed by atoms with Crippen LogP contribution in [0.4, 0.5) is 0 Å². The predicted molar refractivity (Wildman–Crippen MR) is 134 cm³/mol. The van der Waals surface area contributed by atoms with Crippen molar-refractivity contribution in [1.29, 1.82) is 0 Å². The normalized spacial score (nSPS) is 33.9. The van der Waals surface area contributed by atoms with Crippen LogP contribution in [0.1, 0.15) is 87.4 Å². The Labute approximate surface area is 204 Å². The van der Waals surface area contributed by atoms with Gasteiger partial charge < -0.3 is 5.11 Å². The van der Waals surface area contributed by atoms with Crippen LogP contribution in [-0.4, -0.2) is 51.0 Å². The summed E-state index contributed by atoms with van der Waals surface area (Å²) < 4.78 is 0. The van der Waals surface area contributed by atoms with Crippen LogP contribution in [0.3, 0.4) is 0 Å². The van der Waals surface area contributed by atoms with E-state index in [-0.39, 0.29) is 17.9 Å². The number of nitrogens with zero attached hydrogens (tertiary/aromatic N) is 2. The van der Waals surface area contributed by atoms with Gasteiger partial charge in [0.15, 0.2) is 5.78 Å². The topological polar surface area (TPSA) is 43.8 Å². The van der Waals surface area contributed by atoms with Crippen molar-refractivity contribution in [2.75, 3.05) is 6.54 Å². The lowest BCUT2D eigenvalue weighted by molar-refractivity contribution is -0.238. The number of carbonyl (C=O) groups excluding carboxylic acids is 1. The molecule has 4 fully saturated rings. The molecule has 4 unspecified atom stereocenters. The molecule has 2 aliphatic heterocycles. The molecule has 2 heterocycles. The molecule has 2 aromatic rings. The first-order valence-corrected chi connectivity index (χ1v) is 13.6. The molecule has 0 radical (unpaired) electrons. The number of hydrogen-bond acceptors (Lipinski definition) is 4. The molecule has 2 aliphatic carbocycles. The van der Waals surface area contributed by atoms with Crippen LogP contribution in [0.15, 0.2) is 60.7 Å². The smallest absolute Gasteiger partial charge is 0.174 e. The van der Waals surface area contributed by atoms with Gasteiger partial charge in [0.1, 0.15) is 11.6 Å². The Morgan fingerprint density at radius 3 is 1.79 bits per heavy atom. The van der Waals surface area contributed by atoms with Gasteiger partial charge in [0.05, 0.1) is 12.1 Å². The molecule has 4 atom stereocenters. The summed E-state index contributed by atoms with van der Waals surface area (Å²) >= 11 is 0. The van der Waals surface area contributed by atoms with E-state index >= 15 is 0 Å². The maximum Gasteiger partial charge on any atom is 0.174 e. The van der Waals surface area contributed by atoms with E-state index in [4.69, 9.17) is 0 Å². The molecule has 180 valence electrons. The second-order valence-corrected chi connectivity index (χ2v) is 11.1. The lowest BCUT2D eigenvalue weighted by Gasteiger charge is -2.66. The standard InChI is InChI=1S/C30H38N2O2/c33-27-26(22-13-5-1-6-14-22)32(25-19-11-4-12-20-25)29(27)30(34)21-31(24-17-9-3-10-18-24)28(30)23-15-7-2-8-16-23/h1-2,5-8,13-16,24-26,28-29,34H,3-4,9-12,17-21H2. The second-order valence-electron chi connectivity index (χ2n) is 11.1. The molecule has 2 saturated heterocycles. The van der Waals surface area contributed by atoms with Gasteiger partial charge in [0.2, 0.25) is 0 Å². The molecule has 4 heteroatoms. The maximum absolute atomic E-state index is 13.9. The van der Waals surface area contributed by atoms with Gasteiger partial charge >= 0.3 is 0 Å². The number of likely N-dealkylation sites (tertiary alicyclic amines) is 2. The van der Waals surface area contributed by atoms with Gasteiger partial charge in [-0.1, -0.05) is 99.2 Å². The molecule has 6 rings (SSSR count). The minimum Gasteiger partial charge on any atom is -0.384 e. The fourth-order valence-corrected chi connectivity index (χ4v) is 7.54. The van der Waals surface area contributed by atoms with E-state index in [1.54, 1.807) is 0 Å². The lowest BCUT2D eigenvalue weighted by Crippen LogP contribution is -2.81. The summed E-state index contributed by atoms with van der Waals surface area (Å²) in [7, 11) is 0. The Bertz CT molecular complexity index is 983. The van der Waals surface area contributed by atoms with Crippen molar-refractivity contribution in [2.45, 2.75) is 100 Å². The van der Waals surface area contributed by atoms with E-state index in [1.807, 2.05) is 24.3 Å². The first-order chi connectivity index (χ1) is 16.7. The van der Waals surface area contributed by atoms with E-state index in [9.17, 15) is 9.90 Å². The van der Waals surface area contributed by atoms with Gasteiger partial charge in [-0.25, -0.2) is 0 Å². The highest BCUT2D eigenvalue weighted by Gasteiger charge is 2.68. The molecule has 0 spiro atoms. The highest BCUT2D eigenvalue weighted by atomic mass is 16.3. The van der Waals surface area contributed by atoms with Crippen molar-refractivity contribution >= 4 is 5.78 Å². The van der Waals surface area contributed by atoms with E-state index in [0.717, 1.165) is 24.0 Å². The summed E-state index contributed by atoms with van der Waals surface area (Å²) in [5.74, 6) is 0.212. The fraction of sp³-hybridized carbons (Fsp3) is 0.567. The first kappa shape index (κ1) is 22.5. The highest BCUT2D eigenvalue weighted by molar-refractivity contribution is 5.97. The van der Waals surface area contributed by atoms with E-state index < -0.39 is 11.6 Å². The third-order valence-corrected chi connectivity index (χ3v) is 9.12. The highest BCUT2D eigenvalue weighted by Crippen LogP contribution is 2.55. The maximum atomic E-state index is 13.9. The fourth-order valence-electron chi connectivity index (χ4n) is 7.54. The summed E-state index contributed by atoms with van der Waals surface area (Å²) in [5.41, 5.74) is 1.21. The van der Waals surface area contributed by atoms with Crippen molar-refractivity contribution in [3.63, 3.8) is 0 Å². The average molecular weight is 459 g/mol. The Balaban J connectivity index is 1.35. The number of carbonyl (C=O) groups is 1. The van der Waals surface area contributed by atoms with Crippen molar-refractivity contribution < 1.29 is 9.90 Å². The Hall–Kier alpha value is -2.01. The van der Waals surface area contributed by atoms with Crippen LogP contribution in [-0.2, 0) is 4.79 Å². The minimum absolute atomic E-state index is 0.103. The lowest BCUT2D eigenvalue weighted by atomic mass is 9.64. The average Bonchev–Trinajstić information content (AvgIpc) is 2.88. The van der Waals surface area contributed by atoms with Gasteiger partial charge in [-0.05, 0) is 36.8 Å². The van der Waals surface area contributed by atoms with Crippen LogP contribution in [0, 0.1) is 0 Å². The van der Waals surface area contributed by atoms with Crippen LogP contribution in [0.5, 0.6) is 0 Å². The van der Waals surface area contributed by atoms with E-state index in [1.165, 1.54) is 51.4 Å². The number of rotatable bonds is 5. The monoisotopic (exact) mass is 458 g/mol. The minimum atomic E-state index is -1.03. The molecule has 1 N–H and O–H groups in total. The van der Waals surface area contributed by atoms with Crippen LogP contribution in [0.2, 0.25) is 0 Å². The largest absolute Gasteiger partial charge is 0.384 e. The Kier molecular flexibility index (Phi) is 6.09. The molecule has 0 bridgehead atoms. The summed E-state index contributed by atoms with van der Waals surface area (Å²) in [6.45, 7) is 0.609. The Morgan fingerprint density at radius 1 is 0.676 bits per heavy atom. The number of β-amino-alcohol motifs (C(OH)–C–C–N with tert-alkyl or cyclic N) is 1. The molecular formula is C30H38N2O2. The molecule has 0 aromatic heterocycles.